The van der Waals surface area contributed by atoms with E-state index in [0.29, 0.717) is 18.9 Å². The zero-order valence-electron chi connectivity index (χ0n) is 20.9. The van der Waals surface area contributed by atoms with Crippen LogP contribution in [0.3, 0.4) is 0 Å². The van der Waals surface area contributed by atoms with E-state index in [1.165, 1.54) is 23.8 Å². The number of pyridine rings is 1. The SMILES string of the molecule is CC(=O)N(C)C1CC2(C1)CN(C(C)C)C(=O)c1c(O)c(=O)c(C(=O)NCc3ccc(F)cc3F)cn12.Cl. The minimum Gasteiger partial charge on any atom is -0.503 e. The highest BCUT2D eigenvalue weighted by Crippen LogP contribution is 2.47. The molecule has 37 heavy (non-hydrogen) atoms. The Balaban J connectivity index is 0.00000380. The van der Waals surface area contributed by atoms with E-state index in [-0.39, 0.29) is 54.7 Å². The van der Waals surface area contributed by atoms with Crippen LogP contribution in [0, 0.1) is 11.6 Å². The van der Waals surface area contributed by atoms with Gasteiger partial charge in [-0.05, 0) is 32.8 Å². The van der Waals surface area contributed by atoms with Crippen LogP contribution in [0.2, 0.25) is 0 Å². The maximum Gasteiger partial charge on any atom is 0.274 e. The molecule has 2 aromatic rings. The van der Waals surface area contributed by atoms with Gasteiger partial charge in [0.05, 0.1) is 5.54 Å². The zero-order chi connectivity index (χ0) is 26.5. The fourth-order valence-corrected chi connectivity index (χ4v) is 4.97. The number of nitrogens with one attached hydrogen (secondary N) is 1. The van der Waals surface area contributed by atoms with Crippen LogP contribution >= 0.6 is 12.4 Å². The minimum absolute atomic E-state index is 0. The van der Waals surface area contributed by atoms with Crippen molar-refractivity contribution in [1.82, 2.24) is 19.7 Å². The predicted molar refractivity (Wildman–Crippen MR) is 133 cm³/mol. The van der Waals surface area contributed by atoms with Crippen molar-refractivity contribution in [3.63, 3.8) is 0 Å². The van der Waals surface area contributed by atoms with E-state index >= 15 is 0 Å². The molecular weight excluding hydrogens is 510 g/mol. The second-order valence-electron chi connectivity index (χ2n) is 9.80. The Morgan fingerprint density at radius 1 is 1.24 bits per heavy atom. The fraction of sp³-hybridized carbons (Fsp3) is 0.440. The van der Waals surface area contributed by atoms with Crippen molar-refractivity contribution in [1.29, 1.82) is 0 Å². The topological polar surface area (TPSA) is 112 Å². The molecule has 2 N–H and O–H groups in total. The highest BCUT2D eigenvalue weighted by atomic mass is 35.5. The van der Waals surface area contributed by atoms with Crippen molar-refractivity contribution < 1.29 is 28.3 Å². The van der Waals surface area contributed by atoms with Gasteiger partial charge in [-0.25, -0.2) is 8.78 Å². The Morgan fingerprint density at radius 2 is 1.89 bits per heavy atom. The van der Waals surface area contributed by atoms with Crippen LogP contribution < -0.4 is 10.7 Å². The summed E-state index contributed by atoms with van der Waals surface area (Å²) in [6.07, 6.45) is 2.17. The van der Waals surface area contributed by atoms with Crippen molar-refractivity contribution in [2.45, 2.75) is 57.8 Å². The molecule has 1 aliphatic heterocycles. The monoisotopic (exact) mass is 538 g/mol. The molecule has 2 aliphatic rings. The maximum atomic E-state index is 14.0. The van der Waals surface area contributed by atoms with E-state index in [4.69, 9.17) is 0 Å². The van der Waals surface area contributed by atoms with Gasteiger partial charge in [0, 0.05) is 57.0 Å². The Bertz CT molecular complexity index is 1320. The molecule has 1 saturated carbocycles. The average Bonchev–Trinajstić information content (AvgIpc) is 2.78. The van der Waals surface area contributed by atoms with Gasteiger partial charge in [0.15, 0.2) is 11.4 Å². The molecule has 1 spiro atoms. The number of hydrogen-bond donors (Lipinski definition) is 2. The Labute approximate surface area is 218 Å². The number of aromatic hydroxyl groups is 1. The summed E-state index contributed by atoms with van der Waals surface area (Å²) in [6, 6.07) is 2.58. The number of rotatable bonds is 5. The van der Waals surface area contributed by atoms with Crippen molar-refractivity contribution in [2.75, 3.05) is 13.6 Å². The number of nitrogens with zero attached hydrogens (tertiary/aromatic N) is 3. The van der Waals surface area contributed by atoms with Gasteiger partial charge < -0.3 is 24.8 Å². The third-order valence-electron chi connectivity index (χ3n) is 7.22. The average molecular weight is 539 g/mol. The number of halogens is 3. The third-order valence-corrected chi connectivity index (χ3v) is 7.22. The van der Waals surface area contributed by atoms with Crippen LogP contribution in [0.15, 0.2) is 29.2 Å². The molecule has 0 saturated heterocycles. The number of carbonyl (C=O) groups excluding carboxylic acids is 3. The summed E-state index contributed by atoms with van der Waals surface area (Å²) in [4.78, 5) is 54.1. The summed E-state index contributed by atoms with van der Waals surface area (Å²) in [6.45, 7) is 5.07. The lowest BCUT2D eigenvalue weighted by Gasteiger charge is -2.56. The first-order valence-corrected chi connectivity index (χ1v) is 11.6. The minimum atomic E-state index is -1.02. The van der Waals surface area contributed by atoms with Gasteiger partial charge in [-0.15, -0.1) is 12.4 Å². The quantitative estimate of drug-likeness (QED) is 0.607. The summed E-state index contributed by atoms with van der Waals surface area (Å²) in [5, 5.41) is 13.2. The smallest absolute Gasteiger partial charge is 0.274 e. The number of benzene rings is 1. The van der Waals surface area contributed by atoms with Gasteiger partial charge in [0.1, 0.15) is 17.2 Å². The lowest BCUT2D eigenvalue weighted by molar-refractivity contribution is -0.134. The largest absolute Gasteiger partial charge is 0.503 e. The van der Waals surface area contributed by atoms with Crippen molar-refractivity contribution in [3.8, 4) is 5.75 Å². The molecule has 2 heterocycles. The van der Waals surface area contributed by atoms with Crippen molar-refractivity contribution in [2.24, 2.45) is 0 Å². The summed E-state index contributed by atoms with van der Waals surface area (Å²) in [5.41, 5.74) is -2.35. The molecular formula is C25H29ClF2N4O5. The second-order valence-corrected chi connectivity index (χ2v) is 9.80. The van der Waals surface area contributed by atoms with E-state index in [1.54, 1.807) is 16.8 Å². The molecule has 1 aromatic carbocycles. The number of aromatic nitrogens is 1. The van der Waals surface area contributed by atoms with Crippen LogP contribution in [0.1, 0.15) is 60.0 Å². The van der Waals surface area contributed by atoms with E-state index in [1.807, 2.05) is 13.8 Å². The highest BCUT2D eigenvalue weighted by Gasteiger charge is 2.54. The van der Waals surface area contributed by atoms with Crippen molar-refractivity contribution in [3.05, 3.63) is 63.1 Å². The molecule has 1 fully saturated rings. The van der Waals surface area contributed by atoms with Crippen LogP contribution in [0.5, 0.6) is 5.75 Å². The molecule has 9 nitrogen and oxygen atoms in total. The molecule has 0 unspecified atom stereocenters. The fourth-order valence-electron chi connectivity index (χ4n) is 4.97. The normalized spacial score (nSPS) is 20.2. The maximum absolute atomic E-state index is 14.0. The van der Waals surface area contributed by atoms with Gasteiger partial charge >= 0.3 is 0 Å². The molecule has 0 radical (unpaired) electrons. The molecule has 0 bridgehead atoms. The molecule has 1 aliphatic carbocycles. The Hall–Kier alpha value is -3.47. The lowest BCUT2D eigenvalue weighted by Crippen LogP contribution is -2.65. The first kappa shape index (κ1) is 28.1. The lowest BCUT2D eigenvalue weighted by atomic mass is 9.69. The molecule has 200 valence electrons. The van der Waals surface area contributed by atoms with Gasteiger partial charge in [-0.1, -0.05) is 6.07 Å². The zero-order valence-corrected chi connectivity index (χ0v) is 21.7. The van der Waals surface area contributed by atoms with E-state index < -0.39 is 45.7 Å². The predicted octanol–water partition coefficient (Wildman–Crippen LogP) is 2.38. The molecule has 4 rings (SSSR count). The first-order chi connectivity index (χ1) is 16.9. The van der Waals surface area contributed by atoms with Gasteiger partial charge in [-0.2, -0.15) is 0 Å². The summed E-state index contributed by atoms with van der Waals surface area (Å²) >= 11 is 0. The van der Waals surface area contributed by atoms with E-state index in [0.717, 1.165) is 6.07 Å². The number of hydrogen-bond acceptors (Lipinski definition) is 5. The standard InChI is InChI=1S/C25H28F2N4O5.ClH/c1-13(2)30-12-25(8-17(9-25)29(4)14(3)32)31-11-18(21(33)22(34)20(31)24(30)36)23(35)28-10-15-5-6-16(26)7-19(15)27;/h5-7,11,13,17,34H,8-10,12H2,1-4H3,(H,28,35);1H. The summed E-state index contributed by atoms with van der Waals surface area (Å²) in [7, 11) is 1.69. The van der Waals surface area contributed by atoms with Crippen LogP contribution in [-0.4, -0.2) is 62.9 Å². The van der Waals surface area contributed by atoms with Crippen LogP contribution in [-0.2, 0) is 16.9 Å². The van der Waals surface area contributed by atoms with Crippen molar-refractivity contribution >= 4 is 30.1 Å². The second kappa shape index (κ2) is 10.1. The molecule has 3 amide bonds. The van der Waals surface area contributed by atoms with Gasteiger partial charge in [0.25, 0.3) is 11.8 Å². The summed E-state index contributed by atoms with van der Waals surface area (Å²) < 4.78 is 28.6. The van der Waals surface area contributed by atoms with E-state index in [2.05, 4.69) is 5.32 Å². The van der Waals surface area contributed by atoms with Gasteiger partial charge in [0.2, 0.25) is 11.3 Å². The number of amides is 3. The third kappa shape index (κ3) is 4.79. The van der Waals surface area contributed by atoms with E-state index in [9.17, 15) is 33.1 Å². The van der Waals surface area contributed by atoms with Crippen LogP contribution in [0.25, 0.3) is 0 Å². The molecule has 1 aromatic heterocycles. The number of fused-ring (bicyclic) bond motifs is 2. The molecule has 12 heteroatoms. The Morgan fingerprint density at radius 3 is 2.46 bits per heavy atom. The first-order valence-electron chi connectivity index (χ1n) is 11.6. The van der Waals surface area contributed by atoms with Gasteiger partial charge in [-0.3, -0.25) is 19.2 Å². The summed E-state index contributed by atoms with van der Waals surface area (Å²) in [5.74, 6) is -3.98. The highest BCUT2D eigenvalue weighted by molar-refractivity contribution is 5.99. The molecule has 0 atom stereocenters. The number of carbonyl (C=O) groups is 3. The van der Waals surface area contributed by atoms with Crippen LogP contribution in [0.4, 0.5) is 8.78 Å². The Kier molecular flexibility index (Phi) is 7.69.